The van der Waals surface area contributed by atoms with Gasteiger partial charge in [-0.15, -0.1) is 11.8 Å². The average Bonchev–Trinajstić information content (AvgIpc) is 2.19. The smallest absolute Gasteiger partial charge is 0.116 e. The summed E-state index contributed by atoms with van der Waals surface area (Å²) in [5.74, 6) is 1.35. The van der Waals surface area contributed by atoms with Gasteiger partial charge in [-0.05, 0) is 18.4 Å². The Hall–Kier alpha value is -0.610. The first-order valence-electron chi connectivity index (χ1n) is 4.79. The van der Waals surface area contributed by atoms with Crippen LogP contribution in [0.3, 0.4) is 0 Å². The Bertz CT molecular complexity index is 279. The quantitative estimate of drug-likeness (QED) is 0.461. The van der Waals surface area contributed by atoms with Crippen molar-refractivity contribution < 1.29 is 5.11 Å². The van der Waals surface area contributed by atoms with Gasteiger partial charge in [-0.3, -0.25) is 0 Å². The number of hydrogen-bond donors (Lipinski definition) is 1. The zero-order valence-electron chi connectivity index (χ0n) is 8.60. The molecular formula is C10H16N2OS. The van der Waals surface area contributed by atoms with Crippen LogP contribution in [0.25, 0.3) is 0 Å². The molecule has 0 radical (unpaired) electrons. The molecule has 78 valence electrons. The molecule has 0 spiro atoms. The highest BCUT2D eigenvalue weighted by Crippen LogP contribution is 2.19. The largest absolute Gasteiger partial charge is 0.396 e. The number of thioether (sulfide) groups is 1. The van der Waals surface area contributed by atoms with Crippen LogP contribution in [0.4, 0.5) is 0 Å². The van der Waals surface area contributed by atoms with Gasteiger partial charge < -0.3 is 5.11 Å². The summed E-state index contributed by atoms with van der Waals surface area (Å²) in [6.45, 7) is 4.48. The molecule has 1 heterocycles. The first-order valence-corrected chi connectivity index (χ1v) is 5.78. The molecule has 0 atom stereocenters. The summed E-state index contributed by atoms with van der Waals surface area (Å²) in [5, 5.41) is 9.64. The van der Waals surface area contributed by atoms with Crippen molar-refractivity contribution in [3.05, 3.63) is 18.1 Å². The van der Waals surface area contributed by atoms with Crippen molar-refractivity contribution in [2.24, 2.45) is 0 Å². The molecule has 0 aliphatic rings. The van der Waals surface area contributed by atoms with Crippen molar-refractivity contribution in [2.45, 2.75) is 31.2 Å². The normalized spacial score (nSPS) is 10.9. The maximum atomic E-state index is 8.64. The molecule has 0 aromatic carbocycles. The van der Waals surface area contributed by atoms with Crippen LogP contribution in [0.2, 0.25) is 0 Å². The predicted molar refractivity (Wildman–Crippen MR) is 58.5 cm³/mol. The van der Waals surface area contributed by atoms with Gasteiger partial charge in [-0.2, -0.15) is 0 Å². The van der Waals surface area contributed by atoms with Gasteiger partial charge in [-0.25, -0.2) is 9.97 Å². The van der Waals surface area contributed by atoms with Crippen LogP contribution in [0.5, 0.6) is 0 Å². The molecule has 1 rings (SSSR count). The fraction of sp³-hybridized carbons (Fsp3) is 0.600. The van der Waals surface area contributed by atoms with E-state index in [2.05, 4.69) is 23.8 Å². The lowest BCUT2D eigenvalue weighted by Crippen LogP contribution is -1.95. The van der Waals surface area contributed by atoms with Gasteiger partial charge in [0.05, 0.1) is 5.03 Å². The molecule has 1 aromatic rings. The van der Waals surface area contributed by atoms with E-state index in [0.717, 1.165) is 22.9 Å². The molecule has 0 aliphatic heterocycles. The molecule has 0 fully saturated rings. The summed E-state index contributed by atoms with van der Waals surface area (Å²) in [6.07, 6.45) is 2.42. The third-order valence-electron chi connectivity index (χ3n) is 1.81. The van der Waals surface area contributed by atoms with Gasteiger partial charge in [0.25, 0.3) is 0 Å². The summed E-state index contributed by atoms with van der Waals surface area (Å²) in [7, 11) is 0. The molecule has 0 saturated carbocycles. The highest BCUT2D eigenvalue weighted by molar-refractivity contribution is 7.99. The molecule has 0 amide bonds. The topological polar surface area (TPSA) is 46.0 Å². The second-order valence-electron chi connectivity index (χ2n) is 3.36. The molecule has 1 N–H and O–H groups in total. The fourth-order valence-corrected chi connectivity index (χ4v) is 1.80. The lowest BCUT2D eigenvalue weighted by atomic mass is 10.1. The van der Waals surface area contributed by atoms with E-state index in [1.807, 2.05) is 6.07 Å². The molecular weight excluding hydrogens is 196 g/mol. The summed E-state index contributed by atoms with van der Waals surface area (Å²) >= 11 is 1.67. The minimum Gasteiger partial charge on any atom is -0.396 e. The molecule has 3 nitrogen and oxygen atoms in total. The standard InChI is InChI=1S/C10H16N2OS/c1-8(2)9-6-10(12-7-11-9)14-5-3-4-13/h6-8,13H,3-5H2,1-2H3. The number of rotatable bonds is 5. The molecule has 0 unspecified atom stereocenters. The maximum absolute atomic E-state index is 8.64. The van der Waals surface area contributed by atoms with Gasteiger partial charge in [0, 0.05) is 18.1 Å². The Labute approximate surface area is 89.0 Å². The van der Waals surface area contributed by atoms with Crippen molar-refractivity contribution in [3.8, 4) is 0 Å². The first kappa shape index (κ1) is 11.5. The Balaban J connectivity index is 2.55. The number of hydrogen-bond acceptors (Lipinski definition) is 4. The van der Waals surface area contributed by atoms with Crippen molar-refractivity contribution >= 4 is 11.8 Å². The van der Waals surface area contributed by atoms with Gasteiger partial charge in [-0.1, -0.05) is 13.8 Å². The molecule has 1 aromatic heterocycles. The third-order valence-corrected chi connectivity index (χ3v) is 2.82. The Morgan fingerprint density at radius 2 is 2.21 bits per heavy atom. The van der Waals surface area contributed by atoms with Gasteiger partial charge in [0.2, 0.25) is 0 Å². The molecule has 14 heavy (non-hydrogen) atoms. The summed E-state index contributed by atoms with van der Waals surface area (Å²) in [4.78, 5) is 8.36. The third kappa shape index (κ3) is 3.64. The highest BCUT2D eigenvalue weighted by atomic mass is 32.2. The van der Waals surface area contributed by atoms with Crippen molar-refractivity contribution in [3.63, 3.8) is 0 Å². The monoisotopic (exact) mass is 212 g/mol. The van der Waals surface area contributed by atoms with E-state index in [1.54, 1.807) is 18.1 Å². The number of aliphatic hydroxyl groups is 1. The Kier molecular flexibility index (Phi) is 4.90. The van der Waals surface area contributed by atoms with Crippen LogP contribution in [0.1, 0.15) is 31.9 Å². The van der Waals surface area contributed by atoms with E-state index in [9.17, 15) is 0 Å². The number of aliphatic hydroxyl groups excluding tert-OH is 1. The van der Waals surface area contributed by atoms with Crippen LogP contribution in [0, 0.1) is 0 Å². The van der Waals surface area contributed by atoms with Crippen molar-refractivity contribution in [1.29, 1.82) is 0 Å². The summed E-state index contributed by atoms with van der Waals surface area (Å²) in [6, 6.07) is 2.02. The maximum Gasteiger partial charge on any atom is 0.116 e. The van der Waals surface area contributed by atoms with Crippen LogP contribution in [-0.2, 0) is 0 Å². The first-order chi connectivity index (χ1) is 6.74. The second kappa shape index (κ2) is 5.98. The number of aromatic nitrogens is 2. The van der Waals surface area contributed by atoms with Crippen LogP contribution in [-0.4, -0.2) is 27.4 Å². The minimum absolute atomic E-state index is 0.245. The van der Waals surface area contributed by atoms with Gasteiger partial charge in [0.15, 0.2) is 0 Å². The second-order valence-corrected chi connectivity index (χ2v) is 4.48. The Morgan fingerprint density at radius 1 is 1.43 bits per heavy atom. The lowest BCUT2D eigenvalue weighted by Gasteiger charge is -2.05. The van der Waals surface area contributed by atoms with E-state index in [0.29, 0.717) is 5.92 Å². The van der Waals surface area contributed by atoms with Crippen molar-refractivity contribution in [1.82, 2.24) is 9.97 Å². The molecule has 0 aliphatic carbocycles. The summed E-state index contributed by atoms with van der Waals surface area (Å²) < 4.78 is 0. The van der Waals surface area contributed by atoms with E-state index < -0.39 is 0 Å². The highest BCUT2D eigenvalue weighted by Gasteiger charge is 2.02. The van der Waals surface area contributed by atoms with Crippen LogP contribution < -0.4 is 0 Å². The van der Waals surface area contributed by atoms with E-state index >= 15 is 0 Å². The molecule has 0 saturated heterocycles. The van der Waals surface area contributed by atoms with E-state index in [-0.39, 0.29) is 6.61 Å². The lowest BCUT2D eigenvalue weighted by molar-refractivity contribution is 0.296. The number of nitrogens with zero attached hydrogens (tertiary/aromatic N) is 2. The Morgan fingerprint density at radius 3 is 2.86 bits per heavy atom. The summed E-state index contributed by atoms with van der Waals surface area (Å²) in [5.41, 5.74) is 1.08. The zero-order valence-corrected chi connectivity index (χ0v) is 9.42. The zero-order chi connectivity index (χ0) is 10.4. The molecule has 0 bridgehead atoms. The van der Waals surface area contributed by atoms with Crippen LogP contribution >= 0.6 is 11.8 Å². The predicted octanol–water partition coefficient (Wildman–Crippen LogP) is 2.07. The van der Waals surface area contributed by atoms with E-state index in [4.69, 9.17) is 5.11 Å². The fourth-order valence-electron chi connectivity index (χ4n) is 0.989. The molecule has 4 heteroatoms. The van der Waals surface area contributed by atoms with Crippen molar-refractivity contribution in [2.75, 3.05) is 12.4 Å². The van der Waals surface area contributed by atoms with Gasteiger partial charge in [0.1, 0.15) is 6.33 Å². The average molecular weight is 212 g/mol. The SMILES string of the molecule is CC(C)c1cc(SCCCO)ncn1. The minimum atomic E-state index is 0.245. The van der Waals surface area contributed by atoms with Gasteiger partial charge >= 0.3 is 0 Å². The van der Waals surface area contributed by atoms with E-state index in [1.165, 1.54) is 0 Å². The van der Waals surface area contributed by atoms with Crippen LogP contribution in [0.15, 0.2) is 17.4 Å².